The Bertz CT molecular complexity index is 291. The molecule has 0 fully saturated rings. The highest BCUT2D eigenvalue weighted by Gasteiger charge is 2.22. The summed E-state index contributed by atoms with van der Waals surface area (Å²) in [7, 11) is 1.85. The molecule has 0 aromatic carbocycles. The molecule has 2 N–H and O–H groups in total. The second-order valence-electron chi connectivity index (χ2n) is 3.26. The lowest BCUT2D eigenvalue weighted by Gasteiger charge is -2.14. The summed E-state index contributed by atoms with van der Waals surface area (Å²) in [6, 6.07) is 0. The molecule has 0 spiro atoms. The van der Waals surface area contributed by atoms with E-state index in [2.05, 4.69) is 9.71 Å². The molecule has 3 nitrogen and oxygen atoms in total. The summed E-state index contributed by atoms with van der Waals surface area (Å²) in [5, 5.41) is 9.79. The van der Waals surface area contributed by atoms with Gasteiger partial charge in [0.2, 0.25) is 0 Å². The summed E-state index contributed by atoms with van der Waals surface area (Å²) in [5.41, 5.74) is 0.129. The Morgan fingerprint density at radius 2 is 2.15 bits per heavy atom. The molecule has 13 heavy (non-hydrogen) atoms. The van der Waals surface area contributed by atoms with E-state index in [1.54, 1.807) is 13.8 Å². The third-order valence-electron chi connectivity index (χ3n) is 1.52. The summed E-state index contributed by atoms with van der Waals surface area (Å²) < 4.78 is 3.90. The van der Waals surface area contributed by atoms with Crippen LogP contribution in [0.5, 0.6) is 0 Å². The molecule has 0 aliphatic heterocycles. The Morgan fingerprint density at radius 1 is 1.54 bits per heavy atom. The molecule has 5 heteroatoms. The van der Waals surface area contributed by atoms with Crippen molar-refractivity contribution >= 4 is 23.3 Å². The van der Waals surface area contributed by atoms with E-state index in [1.807, 2.05) is 14.0 Å². The van der Waals surface area contributed by atoms with Crippen LogP contribution in [0.3, 0.4) is 0 Å². The maximum absolute atomic E-state index is 9.79. The smallest absolute Gasteiger partial charge is 0.165 e. The summed E-state index contributed by atoms with van der Waals surface area (Å²) in [6.45, 7) is 5.48. The minimum Gasteiger partial charge on any atom is -0.385 e. The van der Waals surface area contributed by atoms with Gasteiger partial charge in [-0.15, -0.1) is 11.3 Å². The largest absolute Gasteiger partial charge is 0.385 e. The van der Waals surface area contributed by atoms with Crippen LogP contribution in [-0.4, -0.2) is 17.1 Å². The molecular formula is C8H14N2OS2. The Morgan fingerprint density at radius 3 is 2.54 bits per heavy atom. The molecule has 74 valence electrons. The number of aliphatic hydroxyl groups is 1. The first-order chi connectivity index (χ1) is 5.95. The molecular weight excluding hydrogens is 204 g/mol. The molecule has 0 radical (unpaired) electrons. The molecule has 0 amide bonds. The number of aromatic nitrogens is 1. The van der Waals surface area contributed by atoms with Crippen molar-refractivity contribution in [2.75, 3.05) is 7.05 Å². The normalized spacial score (nSPS) is 12.1. The van der Waals surface area contributed by atoms with E-state index in [9.17, 15) is 5.11 Å². The number of thiazole rings is 1. The average molecular weight is 218 g/mol. The van der Waals surface area contributed by atoms with Crippen molar-refractivity contribution in [3.63, 3.8) is 0 Å². The van der Waals surface area contributed by atoms with Crippen molar-refractivity contribution in [2.45, 2.75) is 30.7 Å². The number of hydrogen-bond donors (Lipinski definition) is 2. The summed E-state index contributed by atoms with van der Waals surface area (Å²) in [6.07, 6.45) is 0. The second-order valence-corrected chi connectivity index (χ2v) is 5.52. The highest BCUT2D eigenvalue weighted by Crippen LogP contribution is 2.32. The van der Waals surface area contributed by atoms with E-state index in [0.29, 0.717) is 0 Å². The summed E-state index contributed by atoms with van der Waals surface area (Å²) in [4.78, 5) is 5.26. The fraction of sp³-hybridized carbons (Fsp3) is 0.625. The zero-order valence-electron chi connectivity index (χ0n) is 8.21. The van der Waals surface area contributed by atoms with Gasteiger partial charge < -0.3 is 5.11 Å². The second kappa shape index (κ2) is 3.96. The van der Waals surface area contributed by atoms with Crippen LogP contribution < -0.4 is 4.72 Å². The molecule has 1 heterocycles. The number of nitrogens with one attached hydrogen (secondary N) is 1. The number of rotatable bonds is 3. The Labute approximate surface area is 86.7 Å². The first-order valence-corrected chi connectivity index (χ1v) is 5.62. The quantitative estimate of drug-likeness (QED) is 0.761. The number of aryl methyl sites for hydroxylation is 1. The lowest BCUT2D eigenvalue weighted by atomic mass is 10.1. The van der Waals surface area contributed by atoms with Gasteiger partial charge in [0.1, 0.15) is 0 Å². The summed E-state index contributed by atoms with van der Waals surface area (Å²) >= 11 is 3.00. The number of nitrogens with zero attached hydrogens (tertiary/aromatic N) is 1. The SMILES string of the molecule is CNSc1nc(C)c(C(C)(C)O)s1. The van der Waals surface area contributed by atoms with Gasteiger partial charge in [-0.05, 0) is 39.8 Å². The maximum Gasteiger partial charge on any atom is 0.165 e. The molecule has 1 aromatic rings. The number of hydrogen-bond acceptors (Lipinski definition) is 5. The van der Waals surface area contributed by atoms with Gasteiger partial charge in [-0.25, -0.2) is 4.98 Å². The van der Waals surface area contributed by atoms with E-state index in [0.717, 1.165) is 14.9 Å². The van der Waals surface area contributed by atoms with E-state index >= 15 is 0 Å². The minimum absolute atomic E-state index is 0.783. The Kier molecular flexibility index (Phi) is 3.34. The Hall–Kier alpha value is -0.100. The highest BCUT2D eigenvalue weighted by atomic mass is 32.2. The minimum atomic E-state index is -0.783. The van der Waals surface area contributed by atoms with Crippen molar-refractivity contribution < 1.29 is 5.11 Å². The molecule has 0 saturated heterocycles. The third-order valence-corrected chi connectivity index (χ3v) is 3.76. The lowest BCUT2D eigenvalue weighted by Crippen LogP contribution is -2.14. The predicted octanol–water partition coefficient (Wildman–Crippen LogP) is 1.91. The van der Waals surface area contributed by atoms with Crippen molar-refractivity contribution in [3.8, 4) is 0 Å². The fourth-order valence-corrected chi connectivity index (χ4v) is 2.89. The van der Waals surface area contributed by atoms with Crippen LogP contribution >= 0.6 is 23.3 Å². The van der Waals surface area contributed by atoms with Crippen molar-refractivity contribution in [3.05, 3.63) is 10.6 Å². The topological polar surface area (TPSA) is 45.2 Å². The van der Waals surface area contributed by atoms with Gasteiger partial charge in [-0.2, -0.15) is 0 Å². The first kappa shape index (κ1) is 11.0. The highest BCUT2D eigenvalue weighted by molar-refractivity contribution is 7.99. The molecule has 1 aromatic heterocycles. The van der Waals surface area contributed by atoms with Gasteiger partial charge >= 0.3 is 0 Å². The first-order valence-electron chi connectivity index (χ1n) is 3.99. The van der Waals surface area contributed by atoms with E-state index < -0.39 is 5.60 Å². The van der Waals surface area contributed by atoms with Crippen molar-refractivity contribution in [1.29, 1.82) is 0 Å². The molecule has 0 bridgehead atoms. The molecule has 0 atom stereocenters. The van der Waals surface area contributed by atoms with E-state index in [-0.39, 0.29) is 0 Å². The molecule has 0 aliphatic carbocycles. The van der Waals surface area contributed by atoms with Crippen LogP contribution in [0, 0.1) is 6.92 Å². The molecule has 0 saturated carbocycles. The van der Waals surface area contributed by atoms with Crippen LogP contribution in [0.15, 0.2) is 4.34 Å². The monoisotopic (exact) mass is 218 g/mol. The molecule has 1 rings (SSSR count). The van der Waals surface area contributed by atoms with Gasteiger partial charge in [0, 0.05) is 0 Å². The van der Waals surface area contributed by atoms with Crippen molar-refractivity contribution in [1.82, 2.24) is 9.71 Å². The standard InChI is InChI=1S/C8H14N2OS2/c1-5-6(8(2,3)11)12-7(10-5)13-9-4/h9,11H,1-4H3. The fourth-order valence-electron chi connectivity index (χ4n) is 1.07. The van der Waals surface area contributed by atoms with Crippen LogP contribution in [0.25, 0.3) is 0 Å². The Balaban J connectivity index is 2.96. The van der Waals surface area contributed by atoms with E-state index in [1.165, 1.54) is 23.3 Å². The van der Waals surface area contributed by atoms with Gasteiger partial charge in [0.25, 0.3) is 0 Å². The molecule has 0 aliphatic rings. The van der Waals surface area contributed by atoms with Gasteiger partial charge in [-0.1, -0.05) is 0 Å². The van der Waals surface area contributed by atoms with Gasteiger partial charge in [0.15, 0.2) is 4.34 Å². The lowest BCUT2D eigenvalue weighted by molar-refractivity contribution is 0.0817. The van der Waals surface area contributed by atoms with Gasteiger partial charge in [0.05, 0.1) is 16.2 Å². The zero-order chi connectivity index (χ0) is 10.1. The maximum atomic E-state index is 9.79. The van der Waals surface area contributed by atoms with Crippen LogP contribution in [0.4, 0.5) is 0 Å². The third kappa shape index (κ3) is 2.67. The predicted molar refractivity (Wildman–Crippen MR) is 57.0 cm³/mol. The van der Waals surface area contributed by atoms with Crippen LogP contribution in [-0.2, 0) is 5.60 Å². The van der Waals surface area contributed by atoms with Crippen LogP contribution in [0.1, 0.15) is 24.4 Å². The van der Waals surface area contributed by atoms with Gasteiger partial charge in [-0.3, -0.25) is 4.72 Å². The summed E-state index contributed by atoms with van der Waals surface area (Å²) in [5.74, 6) is 0. The zero-order valence-corrected chi connectivity index (χ0v) is 9.84. The van der Waals surface area contributed by atoms with Crippen molar-refractivity contribution in [2.24, 2.45) is 0 Å². The average Bonchev–Trinajstić information content (AvgIpc) is 2.30. The van der Waals surface area contributed by atoms with Crippen LogP contribution in [0.2, 0.25) is 0 Å². The molecule has 0 unspecified atom stereocenters. The van der Waals surface area contributed by atoms with E-state index in [4.69, 9.17) is 0 Å².